The lowest BCUT2D eigenvalue weighted by molar-refractivity contribution is 0.345. The molecule has 1 N–H and O–H groups in total. The summed E-state index contributed by atoms with van der Waals surface area (Å²) in [6, 6.07) is 7.19. The monoisotopic (exact) mass is 309 g/mol. The van der Waals surface area contributed by atoms with E-state index in [2.05, 4.69) is 5.32 Å². The zero-order chi connectivity index (χ0) is 15.1. The second-order valence-electron chi connectivity index (χ2n) is 6.06. The average Bonchev–Trinajstić information content (AvgIpc) is 2.49. The Bertz CT molecular complexity index is 516. The summed E-state index contributed by atoms with van der Waals surface area (Å²) >= 11 is 0. The third-order valence-electron chi connectivity index (χ3n) is 4.29. The van der Waals surface area contributed by atoms with Crippen LogP contribution in [-0.2, 0) is 9.84 Å². The fourth-order valence-electron chi connectivity index (χ4n) is 3.06. The number of rotatable bonds is 7. The van der Waals surface area contributed by atoms with Gasteiger partial charge in [-0.2, -0.15) is 0 Å². The number of anilines is 1. The molecule has 3 nitrogen and oxygen atoms in total. The summed E-state index contributed by atoms with van der Waals surface area (Å²) in [5.41, 5.74) is 1.02. The fraction of sp³-hybridized carbons (Fsp3) is 0.647. The Morgan fingerprint density at radius 2 is 1.76 bits per heavy atom. The van der Waals surface area contributed by atoms with E-state index in [0.717, 1.165) is 18.2 Å². The van der Waals surface area contributed by atoms with Crippen LogP contribution < -0.4 is 5.32 Å². The van der Waals surface area contributed by atoms with Gasteiger partial charge in [0.15, 0.2) is 9.84 Å². The molecule has 1 fully saturated rings. The smallest absolute Gasteiger partial charge is 0.178 e. The van der Waals surface area contributed by atoms with Crippen molar-refractivity contribution in [1.29, 1.82) is 0 Å². The van der Waals surface area contributed by atoms with Crippen LogP contribution >= 0.6 is 0 Å². The van der Waals surface area contributed by atoms with Gasteiger partial charge in [-0.15, -0.1) is 0 Å². The van der Waals surface area contributed by atoms with Crippen molar-refractivity contribution in [2.45, 2.75) is 56.8 Å². The highest BCUT2D eigenvalue weighted by atomic mass is 32.2. The minimum Gasteiger partial charge on any atom is -0.385 e. The first kappa shape index (κ1) is 16.3. The van der Waals surface area contributed by atoms with Gasteiger partial charge in [0.05, 0.1) is 10.6 Å². The van der Waals surface area contributed by atoms with Gasteiger partial charge in [-0.25, -0.2) is 8.42 Å². The van der Waals surface area contributed by atoms with Crippen molar-refractivity contribution in [3.05, 3.63) is 24.3 Å². The van der Waals surface area contributed by atoms with Crippen LogP contribution in [0, 0.1) is 5.92 Å². The Morgan fingerprint density at radius 3 is 2.38 bits per heavy atom. The summed E-state index contributed by atoms with van der Waals surface area (Å²) in [7, 11) is -3.09. The van der Waals surface area contributed by atoms with Gasteiger partial charge in [0.1, 0.15) is 0 Å². The van der Waals surface area contributed by atoms with Crippen LogP contribution in [0.5, 0.6) is 0 Å². The lowest BCUT2D eigenvalue weighted by Crippen LogP contribution is -2.12. The summed E-state index contributed by atoms with van der Waals surface area (Å²) in [4.78, 5) is 0.433. The Balaban J connectivity index is 1.82. The fourth-order valence-corrected chi connectivity index (χ4v) is 4.39. The first-order chi connectivity index (χ1) is 10.1. The number of hydrogen-bond acceptors (Lipinski definition) is 3. The average molecular weight is 309 g/mol. The molecule has 1 aromatic carbocycles. The maximum absolute atomic E-state index is 11.9. The quantitative estimate of drug-likeness (QED) is 0.819. The molecule has 0 spiro atoms. The van der Waals surface area contributed by atoms with E-state index in [1.165, 1.54) is 38.5 Å². The number of hydrogen-bond donors (Lipinski definition) is 1. The van der Waals surface area contributed by atoms with E-state index in [1.807, 2.05) is 19.1 Å². The highest BCUT2D eigenvalue weighted by molar-refractivity contribution is 7.91. The molecule has 0 saturated heterocycles. The maximum atomic E-state index is 11.9. The molecule has 0 bridgehead atoms. The lowest BCUT2D eigenvalue weighted by atomic mass is 9.87. The van der Waals surface area contributed by atoms with Gasteiger partial charge in [0.2, 0.25) is 0 Å². The van der Waals surface area contributed by atoms with Gasteiger partial charge in [0, 0.05) is 12.2 Å². The SMILES string of the molecule is CCCS(=O)(=O)c1ccc(NCCC2CCCCC2)cc1. The van der Waals surface area contributed by atoms with Gasteiger partial charge in [0.25, 0.3) is 0 Å². The number of sulfone groups is 1. The molecule has 1 saturated carbocycles. The van der Waals surface area contributed by atoms with Crippen LogP contribution in [0.4, 0.5) is 5.69 Å². The Hall–Kier alpha value is -1.03. The second-order valence-corrected chi connectivity index (χ2v) is 8.17. The highest BCUT2D eigenvalue weighted by Crippen LogP contribution is 2.26. The largest absolute Gasteiger partial charge is 0.385 e. The molecule has 0 heterocycles. The topological polar surface area (TPSA) is 46.2 Å². The zero-order valence-corrected chi connectivity index (χ0v) is 13.8. The molecule has 0 aliphatic heterocycles. The number of nitrogens with one attached hydrogen (secondary N) is 1. The Morgan fingerprint density at radius 1 is 1.10 bits per heavy atom. The predicted octanol–water partition coefficient (Wildman–Crippen LogP) is 4.25. The maximum Gasteiger partial charge on any atom is 0.178 e. The van der Waals surface area contributed by atoms with Crippen LogP contribution in [0.2, 0.25) is 0 Å². The van der Waals surface area contributed by atoms with Gasteiger partial charge >= 0.3 is 0 Å². The molecule has 0 atom stereocenters. The molecule has 1 aliphatic carbocycles. The van der Waals surface area contributed by atoms with Crippen LogP contribution in [-0.4, -0.2) is 20.7 Å². The van der Waals surface area contributed by atoms with Crippen LogP contribution in [0.3, 0.4) is 0 Å². The lowest BCUT2D eigenvalue weighted by Gasteiger charge is -2.21. The van der Waals surface area contributed by atoms with Crippen LogP contribution in [0.25, 0.3) is 0 Å². The third-order valence-corrected chi connectivity index (χ3v) is 6.23. The van der Waals surface area contributed by atoms with Gasteiger partial charge in [-0.3, -0.25) is 0 Å². The predicted molar refractivity (Wildman–Crippen MR) is 88.5 cm³/mol. The molecular formula is C17H27NO2S. The van der Waals surface area contributed by atoms with E-state index in [0.29, 0.717) is 11.3 Å². The van der Waals surface area contributed by atoms with E-state index >= 15 is 0 Å². The minimum atomic E-state index is -3.09. The van der Waals surface area contributed by atoms with Crippen molar-refractivity contribution < 1.29 is 8.42 Å². The summed E-state index contributed by atoms with van der Waals surface area (Å²) in [5.74, 6) is 1.09. The van der Waals surface area contributed by atoms with E-state index in [4.69, 9.17) is 0 Å². The summed E-state index contributed by atoms with van der Waals surface area (Å²) in [5, 5.41) is 3.41. The van der Waals surface area contributed by atoms with Crippen LogP contribution in [0.1, 0.15) is 51.9 Å². The minimum absolute atomic E-state index is 0.224. The molecule has 0 radical (unpaired) electrons. The van der Waals surface area contributed by atoms with Crippen LogP contribution in [0.15, 0.2) is 29.2 Å². The Labute approximate surface area is 129 Å². The van der Waals surface area contributed by atoms with E-state index < -0.39 is 9.84 Å². The standard InChI is InChI=1S/C17H27NO2S/c1-2-14-21(19,20)17-10-8-16(9-11-17)18-13-12-15-6-4-3-5-7-15/h8-11,15,18H,2-7,12-14H2,1H3. The molecule has 118 valence electrons. The molecule has 0 amide bonds. The van der Waals surface area contributed by atoms with Crippen molar-refractivity contribution in [2.24, 2.45) is 5.92 Å². The summed E-state index contributed by atoms with van der Waals surface area (Å²) in [6.45, 7) is 2.87. The normalized spacial score (nSPS) is 16.8. The van der Waals surface area contributed by atoms with E-state index in [9.17, 15) is 8.42 Å². The van der Waals surface area contributed by atoms with Gasteiger partial charge in [-0.05, 0) is 43.0 Å². The highest BCUT2D eigenvalue weighted by Gasteiger charge is 2.14. The molecule has 0 unspecified atom stereocenters. The second kappa shape index (κ2) is 7.83. The van der Waals surface area contributed by atoms with Gasteiger partial charge < -0.3 is 5.32 Å². The van der Waals surface area contributed by atoms with E-state index in [-0.39, 0.29) is 5.75 Å². The molecule has 1 aliphatic rings. The van der Waals surface area contributed by atoms with E-state index in [1.54, 1.807) is 12.1 Å². The van der Waals surface area contributed by atoms with Crippen molar-refractivity contribution >= 4 is 15.5 Å². The summed E-state index contributed by atoms with van der Waals surface area (Å²) < 4.78 is 23.9. The first-order valence-electron chi connectivity index (χ1n) is 8.18. The molecule has 4 heteroatoms. The molecule has 1 aromatic rings. The third kappa shape index (κ3) is 5.03. The van der Waals surface area contributed by atoms with Crippen molar-refractivity contribution in [3.8, 4) is 0 Å². The van der Waals surface area contributed by atoms with Gasteiger partial charge in [-0.1, -0.05) is 39.0 Å². The van der Waals surface area contributed by atoms with Crippen molar-refractivity contribution in [2.75, 3.05) is 17.6 Å². The molecule has 2 rings (SSSR count). The zero-order valence-electron chi connectivity index (χ0n) is 13.0. The Kier molecular flexibility index (Phi) is 6.09. The molecule has 21 heavy (non-hydrogen) atoms. The number of benzene rings is 1. The van der Waals surface area contributed by atoms with Crippen molar-refractivity contribution in [3.63, 3.8) is 0 Å². The van der Waals surface area contributed by atoms with Crippen molar-refractivity contribution in [1.82, 2.24) is 0 Å². The first-order valence-corrected chi connectivity index (χ1v) is 9.84. The molecule has 0 aromatic heterocycles. The molecular weight excluding hydrogens is 282 g/mol. The summed E-state index contributed by atoms with van der Waals surface area (Å²) in [6.07, 6.45) is 8.78.